The third kappa shape index (κ3) is 3.03. The van der Waals surface area contributed by atoms with Gasteiger partial charge in [-0.05, 0) is 25.7 Å². The van der Waals surface area contributed by atoms with Crippen molar-refractivity contribution in [1.29, 1.82) is 0 Å². The van der Waals surface area contributed by atoms with E-state index in [1.807, 2.05) is 20.8 Å². The Bertz CT molecular complexity index is 342. The van der Waals surface area contributed by atoms with Gasteiger partial charge in [0.1, 0.15) is 0 Å². The van der Waals surface area contributed by atoms with Gasteiger partial charge in [0.15, 0.2) is 0 Å². The molecule has 5 nitrogen and oxygen atoms in total. The molecule has 0 aromatic heterocycles. The van der Waals surface area contributed by atoms with E-state index in [0.717, 1.165) is 6.54 Å². The van der Waals surface area contributed by atoms with Crippen molar-refractivity contribution in [3.8, 4) is 0 Å². The van der Waals surface area contributed by atoms with Gasteiger partial charge in [-0.15, -0.1) is 0 Å². The number of hydrogen-bond donors (Lipinski definition) is 3. The molecular formula is C14H26N2O3. The minimum Gasteiger partial charge on any atom is -0.387 e. The van der Waals surface area contributed by atoms with Crippen molar-refractivity contribution in [2.24, 2.45) is 11.3 Å². The second-order valence-electron chi connectivity index (χ2n) is 6.41. The Balaban J connectivity index is 1.73. The van der Waals surface area contributed by atoms with Gasteiger partial charge in [0.25, 0.3) is 0 Å². The van der Waals surface area contributed by atoms with E-state index in [9.17, 15) is 9.90 Å². The number of carbonyl (C=O) groups excluding carboxylic acids is 1. The van der Waals surface area contributed by atoms with Crippen LogP contribution in [0.3, 0.4) is 0 Å². The number of hydrogen-bond acceptors (Lipinski definition) is 3. The highest BCUT2D eigenvalue weighted by Crippen LogP contribution is 2.50. The molecule has 2 saturated carbocycles. The minimum absolute atomic E-state index is 0.0684. The van der Waals surface area contributed by atoms with Crippen LogP contribution in [0.2, 0.25) is 0 Å². The fourth-order valence-electron chi connectivity index (χ4n) is 2.61. The van der Waals surface area contributed by atoms with Crippen LogP contribution < -0.4 is 10.6 Å². The summed E-state index contributed by atoms with van der Waals surface area (Å²) in [4.78, 5) is 11.6. The van der Waals surface area contributed by atoms with Gasteiger partial charge >= 0.3 is 6.03 Å². The maximum atomic E-state index is 11.6. The average molecular weight is 270 g/mol. The predicted octanol–water partition coefficient (Wildman–Crippen LogP) is 1.26. The van der Waals surface area contributed by atoms with Crippen LogP contribution >= 0.6 is 0 Å². The molecule has 110 valence electrons. The standard InChI is InChI=1S/C14H26N2O3/c1-4-19-11-7-14(18,13(11,2)3)9-16-12(17)15-8-10-5-6-10/h10-11,18H,4-9H2,1-3H3,(H2,15,16,17)/t11-,14-/m1/s1. The second kappa shape index (κ2) is 5.29. The van der Waals surface area contributed by atoms with E-state index < -0.39 is 5.60 Å². The summed E-state index contributed by atoms with van der Waals surface area (Å²) in [5, 5.41) is 16.2. The van der Waals surface area contributed by atoms with Crippen LogP contribution in [0.5, 0.6) is 0 Å². The number of amides is 2. The first-order valence-electron chi connectivity index (χ1n) is 7.25. The first kappa shape index (κ1) is 14.6. The highest BCUT2D eigenvalue weighted by Gasteiger charge is 2.59. The van der Waals surface area contributed by atoms with Crippen molar-refractivity contribution in [2.45, 2.75) is 51.7 Å². The number of aliphatic hydroxyl groups is 1. The molecule has 0 spiro atoms. The third-order valence-electron chi connectivity index (χ3n) is 4.68. The van der Waals surface area contributed by atoms with Crippen LogP contribution in [-0.4, -0.2) is 42.5 Å². The molecular weight excluding hydrogens is 244 g/mol. The maximum Gasteiger partial charge on any atom is 0.314 e. The van der Waals surface area contributed by atoms with Crippen molar-refractivity contribution < 1.29 is 14.6 Å². The van der Waals surface area contributed by atoms with Crippen LogP contribution in [0.15, 0.2) is 0 Å². The Labute approximate surface area is 115 Å². The summed E-state index contributed by atoms with van der Waals surface area (Å²) in [6.45, 7) is 7.60. The molecule has 0 saturated heterocycles. The van der Waals surface area contributed by atoms with E-state index in [1.54, 1.807) is 0 Å². The monoisotopic (exact) mass is 270 g/mol. The number of rotatable bonds is 6. The molecule has 0 radical (unpaired) electrons. The normalized spacial score (nSPS) is 32.5. The van der Waals surface area contributed by atoms with Crippen molar-refractivity contribution in [3.05, 3.63) is 0 Å². The van der Waals surface area contributed by atoms with Gasteiger partial charge in [-0.1, -0.05) is 13.8 Å². The number of nitrogens with one attached hydrogen (secondary N) is 2. The largest absolute Gasteiger partial charge is 0.387 e. The molecule has 0 aromatic carbocycles. The molecule has 2 aliphatic carbocycles. The predicted molar refractivity (Wildman–Crippen MR) is 72.9 cm³/mol. The number of carbonyl (C=O) groups is 1. The summed E-state index contributed by atoms with van der Waals surface area (Å²) >= 11 is 0. The van der Waals surface area contributed by atoms with Crippen LogP contribution in [0.1, 0.15) is 40.0 Å². The van der Waals surface area contributed by atoms with Crippen molar-refractivity contribution in [1.82, 2.24) is 10.6 Å². The SMILES string of the molecule is CCO[C@@H]1C[C@@](O)(CNC(=O)NCC2CC2)C1(C)C. The van der Waals surface area contributed by atoms with Gasteiger partial charge in [0, 0.05) is 31.5 Å². The Morgan fingerprint density at radius 2 is 2.05 bits per heavy atom. The minimum atomic E-state index is -0.871. The first-order chi connectivity index (χ1) is 8.89. The molecule has 0 heterocycles. The van der Waals surface area contributed by atoms with Crippen LogP contribution in [0.4, 0.5) is 4.79 Å². The van der Waals surface area contributed by atoms with Gasteiger partial charge in [-0.2, -0.15) is 0 Å². The Hall–Kier alpha value is -0.810. The summed E-state index contributed by atoms with van der Waals surface area (Å²) in [6, 6.07) is -0.184. The zero-order valence-corrected chi connectivity index (χ0v) is 12.2. The molecule has 0 aliphatic heterocycles. The number of urea groups is 1. The smallest absolute Gasteiger partial charge is 0.314 e. The molecule has 2 aliphatic rings. The summed E-state index contributed by atoms with van der Waals surface area (Å²) in [5.74, 6) is 0.663. The van der Waals surface area contributed by atoms with Crippen LogP contribution in [-0.2, 0) is 4.74 Å². The molecule has 0 aromatic rings. The first-order valence-corrected chi connectivity index (χ1v) is 7.25. The molecule has 0 unspecified atom stereocenters. The summed E-state index contributed by atoms with van der Waals surface area (Å²) in [6.07, 6.45) is 3.08. The molecule has 2 fully saturated rings. The molecule has 0 bridgehead atoms. The van der Waals surface area contributed by atoms with Crippen LogP contribution in [0.25, 0.3) is 0 Å². The highest BCUT2D eigenvalue weighted by molar-refractivity contribution is 5.74. The van der Waals surface area contributed by atoms with Crippen molar-refractivity contribution >= 4 is 6.03 Å². The number of ether oxygens (including phenoxy) is 1. The van der Waals surface area contributed by atoms with Gasteiger partial charge in [-0.25, -0.2) is 4.79 Å². The van der Waals surface area contributed by atoms with Gasteiger partial charge in [0.05, 0.1) is 11.7 Å². The van der Waals surface area contributed by atoms with Crippen molar-refractivity contribution in [3.63, 3.8) is 0 Å². The molecule has 2 atom stereocenters. The molecule has 3 N–H and O–H groups in total. The zero-order chi connectivity index (χ0) is 14.1. The lowest BCUT2D eigenvalue weighted by Gasteiger charge is -2.57. The molecule has 2 amide bonds. The van der Waals surface area contributed by atoms with Crippen LogP contribution in [0, 0.1) is 11.3 Å². The lowest BCUT2D eigenvalue weighted by molar-refractivity contribution is -0.237. The zero-order valence-electron chi connectivity index (χ0n) is 12.2. The molecule has 5 heteroatoms. The van der Waals surface area contributed by atoms with Gasteiger partial charge in [0.2, 0.25) is 0 Å². The van der Waals surface area contributed by atoms with E-state index in [1.165, 1.54) is 12.8 Å². The fourth-order valence-corrected chi connectivity index (χ4v) is 2.61. The van der Waals surface area contributed by atoms with Gasteiger partial charge in [-0.3, -0.25) is 0 Å². The summed E-state index contributed by atoms with van der Waals surface area (Å²) in [7, 11) is 0. The maximum absolute atomic E-state index is 11.6. The van der Waals surface area contributed by atoms with E-state index in [2.05, 4.69) is 10.6 Å². The Kier molecular flexibility index (Phi) is 4.06. The van der Waals surface area contributed by atoms with E-state index in [0.29, 0.717) is 18.9 Å². The van der Waals surface area contributed by atoms with E-state index in [4.69, 9.17) is 4.74 Å². The van der Waals surface area contributed by atoms with E-state index in [-0.39, 0.29) is 24.1 Å². The fraction of sp³-hybridized carbons (Fsp3) is 0.929. The highest BCUT2D eigenvalue weighted by atomic mass is 16.5. The quantitative estimate of drug-likeness (QED) is 0.680. The Morgan fingerprint density at radius 3 is 2.58 bits per heavy atom. The topological polar surface area (TPSA) is 70.6 Å². The Morgan fingerprint density at radius 1 is 1.37 bits per heavy atom. The summed E-state index contributed by atoms with van der Waals surface area (Å²) < 4.78 is 5.59. The van der Waals surface area contributed by atoms with Gasteiger partial charge < -0.3 is 20.5 Å². The summed E-state index contributed by atoms with van der Waals surface area (Å²) in [5.41, 5.74) is -1.20. The molecule has 2 rings (SSSR count). The third-order valence-corrected chi connectivity index (χ3v) is 4.68. The lowest BCUT2D eigenvalue weighted by atomic mass is 9.56. The van der Waals surface area contributed by atoms with Crippen molar-refractivity contribution in [2.75, 3.05) is 19.7 Å². The van der Waals surface area contributed by atoms with E-state index >= 15 is 0 Å². The molecule has 19 heavy (non-hydrogen) atoms. The second-order valence-corrected chi connectivity index (χ2v) is 6.41. The lowest BCUT2D eigenvalue weighted by Crippen LogP contribution is -2.69. The average Bonchev–Trinajstić information content (AvgIpc) is 3.17.